The molecule has 4 nitrogen and oxygen atoms in total. The number of hydrogen-bond acceptors (Lipinski definition) is 3. The summed E-state index contributed by atoms with van der Waals surface area (Å²) in [5.41, 5.74) is 4.36. The zero-order valence-corrected chi connectivity index (χ0v) is 9.83. The molecule has 0 saturated heterocycles. The summed E-state index contributed by atoms with van der Waals surface area (Å²) >= 11 is 0. The van der Waals surface area contributed by atoms with Crippen molar-refractivity contribution >= 4 is 11.0 Å². The Morgan fingerprint density at radius 1 is 1.17 bits per heavy atom. The number of rotatable bonds is 1. The van der Waals surface area contributed by atoms with E-state index in [0.717, 1.165) is 22.3 Å². The smallest absolute Gasteiger partial charge is 0.113 e. The fourth-order valence-corrected chi connectivity index (χ4v) is 1.96. The van der Waals surface area contributed by atoms with Crippen molar-refractivity contribution in [2.45, 2.75) is 6.92 Å². The largest absolute Gasteiger partial charge is 0.213 e. The average Bonchev–Trinajstić information content (AvgIpc) is 2.82. The average molecular weight is 234 g/mol. The van der Waals surface area contributed by atoms with Gasteiger partial charge in [-0.2, -0.15) is 5.26 Å². The van der Waals surface area contributed by atoms with E-state index in [4.69, 9.17) is 5.26 Å². The van der Waals surface area contributed by atoms with E-state index in [0.29, 0.717) is 5.56 Å². The molecule has 0 aliphatic heterocycles. The van der Waals surface area contributed by atoms with Gasteiger partial charge >= 0.3 is 0 Å². The third-order valence-corrected chi connectivity index (χ3v) is 2.93. The lowest BCUT2D eigenvalue weighted by Crippen LogP contribution is -1.97. The molecule has 0 aliphatic rings. The highest BCUT2D eigenvalue weighted by Crippen LogP contribution is 2.18. The van der Waals surface area contributed by atoms with Gasteiger partial charge in [-0.05, 0) is 42.8 Å². The summed E-state index contributed by atoms with van der Waals surface area (Å²) in [6.07, 6.45) is 0. The van der Waals surface area contributed by atoms with Gasteiger partial charge < -0.3 is 0 Å². The molecule has 0 bridgehead atoms. The van der Waals surface area contributed by atoms with Gasteiger partial charge in [0.1, 0.15) is 5.52 Å². The summed E-state index contributed by atoms with van der Waals surface area (Å²) in [5, 5.41) is 17.2. The Hall–Kier alpha value is -2.67. The Balaban J connectivity index is 2.21. The van der Waals surface area contributed by atoms with Crippen molar-refractivity contribution in [2.24, 2.45) is 0 Å². The van der Waals surface area contributed by atoms with Crippen LogP contribution in [0.1, 0.15) is 11.1 Å². The van der Waals surface area contributed by atoms with Gasteiger partial charge in [0, 0.05) is 0 Å². The first-order chi connectivity index (χ1) is 8.79. The van der Waals surface area contributed by atoms with Crippen LogP contribution < -0.4 is 0 Å². The molecule has 3 rings (SSSR count). The highest BCUT2D eigenvalue weighted by Gasteiger charge is 2.06. The molecule has 0 atom stereocenters. The summed E-state index contributed by atoms with van der Waals surface area (Å²) in [6, 6.07) is 15.6. The summed E-state index contributed by atoms with van der Waals surface area (Å²) in [4.78, 5) is 0. The first-order valence-electron chi connectivity index (χ1n) is 5.61. The number of nitriles is 1. The van der Waals surface area contributed by atoms with Gasteiger partial charge in [0.2, 0.25) is 0 Å². The van der Waals surface area contributed by atoms with Gasteiger partial charge in [-0.3, -0.25) is 0 Å². The molecule has 18 heavy (non-hydrogen) atoms. The Morgan fingerprint density at radius 3 is 2.78 bits per heavy atom. The number of benzene rings is 2. The third kappa shape index (κ3) is 1.54. The van der Waals surface area contributed by atoms with Gasteiger partial charge in [-0.25, -0.2) is 4.68 Å². The maximum absolute atomic E-state index is 8.93. The van der Waals surface area contributed by atoms with Crippen molar-refractivity contribution in [2.75, 3.05) is 0 Å². The lowest BCUT2D eigenvalue weighted by molar-refractivity contribution is 0.823. The minimum absolute atomic E-state index is 0.683. The van der Waals surface area contributed by atoms with E-state index in [1.54, 1.807) is 10.7 Å². The van der Waals surface area contributed by atoms with Gasteiger partial charge in [0.05, 0.1) is 22.8 Å². The van der Waals surface area contributed by atoms with E-state index < -0.39 is 0 Å². The Kier molecular flexibility index (Phi) is 2.31. The van der Waals surface area contributed by atoms with Crippen LogP contribution in [0.15, 0.2) is 42.5 Å². The van der Waals surface area contributed by atoms with E-state index in [1.165, 1.54) is 0 Å². The molecule has 3 aromatic rings. The van der Waals surface area contributed by atoms with Crippen LogP contribution in [0.3, 0.4) is 0 Å². The lowest BCUT2D eigenvalue weighted by atomic mass is 10.1. The molecular formula is C14H10N4. The zero-order valence-electron chi connectivity index (χ0n) is 9.83. The zero-order chi connectivity index (χ0) is 12.5. The topological polar surface area (TPSA) is 54.5 Å². The van der Waals surface area contributed by atoms with Crippen molar-refractivity contribution in [3.05, 3.63) is 53.6 Å². The maximum atomic E-state index is 8.93. The van der Waals surface area contributed by atoms with Crippen molar-refractivity contribution in [3.63, 3.8) is 0 Å². The number of fused-ring (bicyclic) bond motifs is 1. The van der Waals surface area contributed by atoms with Crippen LogP contribution in [0.25, 0.3) is 16.7 Å². The molecule has 0 N–H and O–H groups in total. The second-order valence-electron chi connectivity index (χ2n) is 4.10. The summed E-state index contributed by atoms with van der Waals surface area (Å²) in [5.74, 6) is 0. The monoisotopic (exact) mass is 234 g/mol. The molecule has 0 spiro atoms. The minimum atomic E-state index is 0.683. The normalized spacial score (nSPS) is 10.4. The van der Waals surface area contributed by atoms with E-state index in [2.05, 4.69) is 16.4 Å². The summed E-state index contributed by atoms with van der Waals surface area (Å²) in [7, 11) is 0. The fraction of sp³-hybridized carbons (Fsp3) is 0.0714. The maximum Gasteiger partial charge on any atom is 0.113 e. The lowest BCUT2D eigenvalue weighted by Gasteiger charge is -2.04. The number of hydrogen-bond donors (Lipinski definition) is 0. The SMILES string of the molecule is Cc1cc(-n2nnc3ccccc32)ccc1C#N. The molecule has 1 heterocycles. The fourth-order valence-electron chi connectivity index (χ4n) is 1.96. The van der Waals surface area contributed by atoms with Gasteiger partial charge in [0.15, 0.2) is 0 Å². The van der Waals surface area contributed by atoms with Gasteiger partial charge in [-0.15, -0.1) is 5.10 Å². The van der Waals surface area contributed by atoms with Crippen molar-refractivity contribution in [3.8, 4) is 11.8 Å². The number of nitrogens with zero attached hydrogens (tertiary/aromatic N) is 4. The van der Waals surface area contributed by atoms with E-state index in [-0.39, 0.29) is 0 Å². The Morgan fingerprint density at radius 2 is 2.00 bits per heavy atom. The summed E-state index contributed by atoms with van der Waals surface area (Å²) < 4.78 is 1.78. The first-order valence-corrected chi connectivity index (χ1v) is 5.61. The van der Waals surface area contributed by atoms with E-state index >= 15 is 0 Å². The number of aromatic nitrogens is 3. The van der Waals surface area contributed by atoms with Gasteiger partial charge in [-0.1, -0.05) is 17.3 Å². The second kappa shape index (κ2) is 3.97. The molecular weight excluding hydrogens is 224 g/mol. The molecule has 1 aromatic heterocycles. The summed E-state index contributed by atoms with van der Waals surface area (Å²) in [6.45, 7) is 1.92. The molecule has 4 heteroatoms. The molecule has 2 aromatic carbocycles. The van der Waals surface area contributed by atoms with Gasteiger partial charge in [0.25, 0.3) is 0 Å². The molecule has 0 saturated carbocycles. The van der Waals surface area contributed by atoms with Crippen molar-refractivity contribution < 1.29 is 0 Å². The molecule has 0 aliphatic carbocycles. The van der Waals surface area contributed by atoms with Crippen LogP contribution in [0.5, 0.6) is 0 Å². The Bertz CT molecular complexity index is 765. The molecule has 0 unspecified atom stereocenters. The second-order valence-corrected chi connectivity index (χ2v) is 4.10. The van der Waals surface area contributed by atoms with Crippen molar-refractivity contribution in [1.82, 2.24) is 15.0 Å². The van der Waals surface area contributed by atoms with Crippen LogP contribution in [0, 0.1) is 18.3 Å². The van der Waals surface area contributed by atoms with Crippen LogP contribution in [-0.4, -0.2) is 15.0 Å². The molecule has 86 valence electrons. The van der Waals surface area contributed by atoms with Crippen LogP contribution in [-0.2, 0) is 0 Å². The van der Waals surface area contributed by atoms with E-state index in [1.807, 2.05) is 43.3 Å². The standard InChI is InChI=1S/C14H10N4/c1-10-8-12(7-6-11(10)9-15)18-14-5-3-2-4-13(14)16-17-18/h2-8H,1H3. The highest BCUT2D eigenvalue weighted by molar-refractivity contribution is 5.76. The minimum Gasteiger partial charge on any atom is -0.213 e. The number of aryl methyl sites for hydroxylation is 1. The number of para-hydroxylation sites is 1. The third-order valence-electron chi connectivity index (χ3n) is 2.93. The predicted octanol–water partition coefficient (Wildman–Crippen LogP) is 2.60. The molecule has 0 fully saturated rings. The van der Waals surface area contributed by atoms with Crippen LogP contribution in [0.4, 0.5) is 0 Å². The van der Waals surface area contributed by atoms with E-state index in [9.17, 15) is 0 Å². The van der Waals surface area contributed by atoms with Crippen LogP contribution in [0.2, 0.25) is 0 Å². The molecule has 0 amide bonds. The van der Waals surface area contributed by atoms with Crippen molar-refractivity contribution in [1.29, 1.82) is 5.26 Å². The predicted molar refractivity (Wildman–Crippen MR) is 68.3 cm³/mol. The Labute approximate surface area is 104 Å². The van der Waals surface area contributed by atoms with Crippen LogP contribution >= 0.6 is 0 Å². The highest BCUT2D eigenvalue weighted by atomic mass is 15.4. The first kappa shape index (κ1) is 10.5. The molecule has 0 radical (unpaired) electrons. The quantitative estimate of drug-likeness (QED) is 0.650.